The van der Waals surface area contributed by atoms with E-state index in [0.717, 1.165) is 5.56 Å². The van der Waals surface area contributed by atoms with Crippen LogP contribution in [0.2, 0.25) is 0 Å². The number of ether oxygens (including phenoxy) is 1. The molecule has 0 aliphatic carbocycles. The molecule has 0 aliphatic rings. The molecule has 0 saturated carbocycles. The Morgan fingerprint density at radius 3 is 2.43 bits per heavy atom. The first-order chi connectivity index (χ1) is 10.2. The summed E-state index contributed by atoms with van der Waals surface area (Å²) in [6.45, 7) is 0.667. The van der Waals surface area contributed by atoms with Crippen molar-refractivity contribution in [3.8, 4) is 5.75 Å². The van der Waals surface area contributed by atoms with Gasteiger partial charge in [-0.1, -0.05) is 12.1 Å². The van der Waals surface area contributed by atoms with Gasteiger partial charge in [-0.3, -0.25) is 25.2 Å². The maximum Gasteiger partial charge on any atom is 0.257 e. The minimum Gasteiger partial charge on any atom is -0.492 e. The van der Waals surface area contributed by atoms with Crippen LogP contribution in [0.1, 0.15) is 5.56 Å². The van der Waals surface area contributed by atoms with Crippen molar-refractivity contribution in [1.82, 2.24) is 16.2 Å². The largest absolute Gasteiger partial charge is 0.492 e. The van der Waals surface area contributed by atoms with Crippen molar-refractivity contribution in [1.29, 1.82) is 0 Å². The van der Waals surface area contributed by atoms with Crippen LogP contribution in [0.15, 0.2) is 24.3 Å². The normalized spacial score (nSPS) is 9.57. The maximum absolute atomic E-state index is 11.6. The topological polar surface area (TPSA) is 123 Å². The Labute approximate surface area is 122 Å². The minimum atomic E-state index is -0.513. The average Bonchev–Trinajstić information content (AvgIpc) is 2.50. The van der Waals surface area contributed by atoms with Crippen molar-refractivity contribution in [3.63, 3.8) is 0 Å². The number of amides is 3. The van der Waals surface area contributed by atoms with Gasteiger partial charge >= 0.3 is 0 Å². The molecule has 0 saturated heterocycles. The van der Waals surface area contributed by atoms with Crippen LogP contribution in [-0.2, 0) is 20.8 Å². The molecule has 3 amide bonds. The summed E-state index contributed by atoms with van der Waals surface area (Å²) in [6.07, 6.45) is 0.508. The summed E-state index contributed by atoms with van der Waals surface area (Å²) < 4.78 is 5.31. The summed E-state index contributed by atoms with van der Waals surface area (Å²) in [5.41, 5.74) is 10.5. The van der Waals surface area contributed by atoms with Gasteiger partial charge in [0.2, 0.25) is 12.3 Å². The van der Waals surface area contributed by atoms with Crippen LogP contribution in [0.4, 0.5) is 0 Å². The molecule has 0 fully saturated rings. The van der Waals surface area contributed by atoms with Gasteiger partial charge in [-0.05, 0) is 17.7 Å². The number of rotatable bonds is 8. The van der Waals surface area contributed by atoms with E-state index in [4.69, 9.17) is 10.5 Å². The van der Waals surface area contributed by atoms with Crippen LogP contribution in [0.3, 0.4) is 0 Å². The average molecular weight is 294 g/mol. The molecule has 0 spiro atoms. The molecular weight excluding hydrogens is 276 g/mol. The summed E-state index contributed by atoms with van der Waals surface area (Å²) in [6, 6.07) is 6.98. The molecule has 1 rings (SSSR count). The molecule has 8 nitrogen and oxygen atoms in total. The number of hydrogen-bond donors (Lipinski definition) is 4. The van der Waals surface area contributed by atoms with Crippen LogP contribution in [0.25, 0.3) is 0 Å². The zero-order chi connectivity index (χ0) is 15.5. The number of hydrogen-bond acceptors (Lipinski definition) is 5. The van der Waals surface area contributed by atoms with E-state index in [1.165, 1.54) is 0 Å². The first kappa shape index (κ1) is 16.4. The lowest BCUT2D eigenvalue weighted by Crippen LogP contribution is -2.45. The molecule has 21 heavy (non-hydrogen) atoms. The predicted octanol–water partition coefficient (Wildman–Crippen LogP) is -1.54. The van der Waals surface area contributed by atoms with Crippen LogP contribution >= 0.6 is 0 Å². The standard InChI is InChI=1S/C13H18N4O4/c14-5-6-21-11-3-1-10(2-4-11)7-12(19)16-17-13(20)8-15-9-18/h1-4,9H,5-8,14H2,(H,15,18)(H,16,19)(H,17,20). The van der Waals surface area contributed by atoms with Crippen LogP contribution < -0.4 is 26.6 Å². The van der Waals surface area contributed by atoms with Gasteiger partial charge in [0.25, 0.3) is 5.91 Å². The molecule has 0 unspecified atom stereocenters. The highest BCUT2D eigenvalue weighted by atomic mass is 16.5. The molecule has 8 heteroatoms. The van der Waals surface area contributed by atoms with Crippen molar-refractivity contribution in [3.05, 3.63) is 29.8 Å². The lowest BCUT2D eigenvalue weighted by atomic mass is 10.1. The van der Waals surface area contributed by atoms with Gasteiger partial charge in [0, 0.05) is 6.54 Å². The first-order valence-electron chi connectivity index (χ1n) is 6.32. The molecule has 0 atom stereocenters. The summed E-state index contributed by atoms with van der Waals surface area (Å²) in [7, 11) is 0. The molecule has 114 valence electrons. The second-order valence-electron chi connectivity index (χ2n) is 4.05. The molecule has 5 N–H and O–H groups in total. The van der Waals surface area contributed by atoms with E-state index >= 15 is 0 Å². The van der Waals surface area contributed by atoms with Crippen molar-refractivity contribution >= 4 is 18.2 Å². The van der Waals surface area contributed by atoms with E-state index in [0.29, 0.717) is 25.3 Å². The zero-order valence-electron chi connectivity index (χ0n) is 11.4. The Morgan fingerprint density at radius 1 is 1.14 bits per heavy atom. The van der Waals surface area contributed by atoms with E-state index in [9.17, 15) is 14.4 Å². The number of hydrazine groups is 1. The molecule has 1 aromatic carbocycles. The monoisotopic (exact) mass is 294 g/mol. The SMILES string of the molecule is NCCOc1ccc(CC(=O)NNC(=O)CNC=O)cc1. The minimum absolute atomic E-state index is 0.110. The quantitative estimate of drug-likeness (QED) is 0.342. The van der Waals surface area contributed by atoms with E-state index in [1.54, 1.807) is 24.3 Å². The first-order valence-corrected chi connectivity index (χ1v) is 6.32. The van der Waals surface area contributed by atoms with Gasteiger partial charge in [-0.15, -0.1) is 0 Å². The van der Waals surface area contributed by atoms with Crippen molar-refractivity contribution in [2.75, 3.05) is 19.7 Å². The number of carbonyl (C=O) groups is 3. The molecule has 0 radical (unpaired) electrons. The van der Waals surface area contributed by atoms with E-state index < -0.39 is 5.91 Å². The Kier molecular flexibility index (Phi) is 7.30. The van der Waals surface area contributed by atoms with Gasteiger partial charge in [-0.25, -0.2) is 0 Å². The van der Waals surface area contributed by atoms with Gasteiger partial charge in [0.05, 0.1) is 13.0 Å². The Hall–Kier alpha value is -2.61. The summed E-state index contributed by atoms with van der Waals surface area (Å²) >= 11 is 0. The second kappa shape index (κ2) is 9.32. The highest BCUT2D eigenvalue weighted by Crippen LogP contribution is 2.12. The fourth-order valence-corrected chi connectivity index (χ4v) is 1.43. The van der Waals surface area contributed by atoms with Crippen molar-refractivity contribution in [2.24, 2.45) is 5.73 Å². The molecule has 0 bridgehead atoms. The molecule has 1 aromatic rings. The molecular formula is C13H18N4O4. The fraction of sp³-hybridized carbons (Fsp3) is 0.308. The van der Waals surface area contributed by atoms with Crippen molar-refractivity contribution in [2.45, 2.75) is 6.42 Å². The third kappa shape index (κ3) is 6.92. The van der Waals surface area contributed by atoms with Gasteiger partial charge < -0.3 is 15.8 Å². The molecule has 0 heterocycles. The predicted molar refractivity (Wildman–Crippen MR) is 75.0 cm³/mol. The highest BCUT2D eigenvalue weighted by molar-refractivity contribution is 5.84. The lowest BCUT2D eigenvalue weighted by Gasteiger charge is -2.08. The Balaban J connectivity index is 2.33. The van der Waals surface area contributed by atoms with Gasteiger partial charge in [0.1, 0.15) is 12.4 Å². The number of nitrogens with one attached hydrogen (secondary N) is 3. The lowest BCUT2D eigenvalue weighted by molar-refractivity contribution is -0.128. The second-order valence-corrected chi connectivity index (χ2v) is 4.05. The number of nitrogens with two attached hydrogens (primary N) is 1. The van der Waals surface area contributed by atoms with Gasteiger partial charge in [-0.2, -0.15) is 0 Å². The highest BCUT2D eigenvalue weighted by Gasteiger charge is 2.05. The Bertz CT molecular complexity index is 476. The van der Waals surface area contributed by atoms with E-state index in [2.05, 4.69) is 16.2 Å². The smallest absolute Gasteiger partial charge is 0.257 e. The zero-order valence-corrected chi connectivity index (χ0v) is 11.4. The molecule has 0 aliphatic heterocycles. The van der Waals surface area contributed by atoms with E-state index in [-0.39, 0.29) is 18.9 Å². The summed E-state index contributed by atoms with van der Waals surface area (Å²) in [4.78, 5) is 32.7. The summed E-state index contributed by atoms with van der Waals surface area (Å²) in [5.74, 6) is -0.205. The number of carbonyl (C=O) groups excluding carboxylic acids is 3. The van der Waals surface area contributed by atoms with Crippen molar-refractivity contribution < 1.29 is 19.1 Å². The maximum atomic E-state index is 11.6. The number of benzene rings is 1. The van der Waals surface area contributed by atoms with Crippen LogP contribution in [0, 0.1) is 0 Å². The third-order valence-corrected chi connectivity index (χ3v) is 2.36. The summed E-state index contributed by atoms with van der Waals surface area (Å²) in [5, 5.41) is 2.18. The molecule has 0 aromatic heterocycles. The van der Waals surface area contributed by atoms with Crippen LogP contribution in [0.5, 0.6) is 5.75 Å². The third-order valence-electron chi connectivity index (χ3n) is 2.36. The van der Waals surface area contributed by atoms with Crippen LogP contribution in [-0.4, -0.2) is 37.9 Å². The fourth-order valence-electron chi connectivity index (χ4n) is 1.43. The van der Waals surface area contributed by atoms with Gasteiger partial charge in [0.15, 0.2) is 0 Å². The Morgan fingerprint density at radius 2 is 1.81 bits per heavy atom. The van der Waals surface area contributed by atoms with E-state index in [1.807, 2.05) is 0 Å².